The van der Waals surface area contributed by atoms with Gasteiger partial charge in [-0.05, 0) is 43.4 Å². The van der Waals surface area contributed by atoms with Crippen molar-refractivity contribution >= 4 is 17.5 Å². The Labute approximate surface area is 184 Å². The second-order valence-corrected chi connectivity index (χ2v) is 8.07. The number of benzene rings is 1. The molecule has 32 heavy (non-hydrogen) atoms. The van der Waals surface area contributed by atoms with Gasteiger partial charge in [-0.25, -0.2) is 9.37 Å². The Bertz CT molecular complexity index is 1190. The number of pyridine rings is 1. The standard InChI is InChI=1S/C24H25FN4O3/c25-20-8-2-1-7-18(20)14-27-22(30)11-10-17-6-5-12-28(16-17)23(31)19-15-26-21-9-3-4-13-29(21)24(19)32/h1-4,7-9,13,15,17H,5-6,10-12,14,16H2,(H,27,30)/t17-/m0/s1. The van der Waals surface area contributed by atoms with Crippen molar-refractivity contribution in [1.29, 1.82) is 0 Å². The molecule has 1 N–H and O–H groups in total. The van der Waals surface area contributed by atoms with Gasteiger partial charge in [0.2, 0.25) is 5.91 Å². The van der Waals surface area contributed by atoms with E-state index in [4.69, 9.17) is 0 Å². The number of nitrogens with one attached hydrogen (secondary N) is 1. The van der Waals surface area contributed by atoms with Gasteiger partial charge in [-0.1, -0.05) is 24.3 Å². The van der Waals surface area contributed by atoms with Crippen molar-refractivity contribution in [3.63, 3.8) is 0 Å². The minimum absolute atomic E-state index is 0.0528. The van der Waals surface area contributed by atoms with Crippen molar-refractivity contribution in [2.75, 3.05) is 13.1 Å². The third-order valence-corrected chi connectivity index (χ3v) is 5.86. The number of piperidine rings is 1. The number of rotatable bonds is 6. The van der Waals surface area contributed by atoms with Gasteiger partial charge in [0.05, 0.1) is 0 Å². The lowest BCUT2D eigenvalue weighted by Crippen LogP contribution is -2.42. The Morgan fingerprint density at radius 1 is 1.16 bits per heavy atom. The Morgan fingerprint density at radius 3 is 2.81 bits per heavy atom. The first-order valence-electron chi connectivity index (χ1n) is 10.8. The van der Waals surface area contributed by atoms with Crippen LogP contribution in [0.25, 0.3) is 5.65 Å². The average Bonchev–Trinajstić information content (AvgIpc) is 2.82. The third-order valence-electron chi connectivity index (χ3n) is 5.86. The van der Waals surface area contributed by atoms with Gasteiger partial charge in [0.1, 0.15) is 17.0 Å². The number of hydrogen-bond donors (Lipinski definition) is 1. The lowest BCUT2D eigenvalue weighted by molar-refractivity contribution is -0.121. The van der Waals surface area contributed by atoms with Crippen molar-refractivity contribution in [3.05, 3.63) is 82.2 Å². The Hall–Kier alpha value is -3.55. The van der Waals surface area contributed by atoms with E-state index < -0.39 is 0 Å². The molecule has 0 radical (unpaired) electrons. The van der Waals surface area contributed by atoms with Gasteiger partial charge in [-0.3, -0.25) is 18.8 Å². The molecule has 1 aromatic carbocycles. The zero-order chi connectivity index (χ0) is 22.5. The molecule has 1 atom stereocenters. The van der Waals surface area contributed by atoms with Crippen LogP contribution in [-0.2, 0) is 11.3 Å². The van der Waals surface area contributed by atoms with Crippen molar-refractivity contribution < 1.29 is 14.0 Å². The zero-order valence-corrected chi connectivity index (χ0v) is 17.7. The van der Waals surface area contributed by atoms with E-state index in [1.54, 1.807) is 47.5 Å². The molecule has 0 saturated carbocycles. The quantitative estimate of drug-likeness (QED) is 0.644. The fourth-order valence-electron chi connectivity index (χ4n) is 4.09. The Kier molecular flexibility index (Phi) is 6.58. The minimum Gasteiger partial charge on any atom is -0.352 e. The van der Waals surface area contributed by atoms with E-state index in [1.807, 2.05) is 0 Å². The van der Waals surface area contributed by atoms with Crippen LogP contribution in [0.2, 0.25) is 0 Å². The molecule has 7 nitrogen and oxygen atoms in total. The molecule has 3 heterocycles. The fourth-order valence-corrected chi connectivity index (χ4v) is 4.09. The first-order chi connectivity index (χ1) is 15.5. The predicted molar refractivity (Wildman–Crippen MR) is 118 cm³/mol. The summed E-state index contributed by atoms with van der Waals surface area (Å²) in [5, 5.41) is 2.75. The number of carbonyl (C=O) groups is 2. The van der Waals surface area contributed by atoms with Crippen LogP contribution in [0.3, 0.4) is 0 Å². The molecule has 1 aliphatic rings. The Morgan fingerprint density at radius 2 is 1.97 bits per heavy atom. The summed E-state index contributed by atoms with van der Waals surface area (Å²) in [7, 11) is 0. The van der Waals surface area contributed by atoms with E-state index in [0.717, 1.165) is 12.8 Å². The molecule has 0 bridgehead atoms. The molecule has 3 aromatic rings. The van der Waals surface area contributed by atoms with Crippen LogP contribution >= 0.6 is 0 Å². The maximum Gasteiger partial charge on any atom is 0.270 e. The maximum absolute atomic E-state index is 13.7. The smallest absolute Gasteiger partial charge is 0.270 e. The highest BCUT2D eigenvalue weighted by Crippen LogP contribution is 2.22. The van der Waals surface area contributed by atoms with Crippen LogP contribution in [0.4, 0.5) is 4.39 Å². The molecule has 0 unspecified atom stereocenters. The lowest BCUT2D eigenvalue weighted by atomic mass is 9.93. The number of halogens is 1. The number of nitrogens with zero attached hydrogens (tertiary/aromatic N) is 3. The molecule has 1 fully saturated rings. The minimum atomic E-state index is -0.379. The van der Waals surface area contributed by atoms with Crippen molar-refractivity contribution in [2.24, 2.45) is 5.92 Å². The topological polar surface area (TPSA) is 83.8 Å². The summed E-state index contributed by atoms with van der Waals surface area (Å²) >= 11 is 0. The second kappa shape index (κ2) is 9.72. The number of carbonyl (C=O) groups excluding carboxylic acids is 2. The summed E-state index contributed by atoms with van der Waals surface area (Å²) in [5.41, 5.74) is 0.616. The van der Waals surface area contributed by atoms with Crippen molar-refractivity contribution in [2.45, 2.75) is 32.2 Å². The largest absolute Gasteiger partial charge is 0.352 e. The van der Waals surface area contributed by atoms with E-state index in [-0.39, 0.29) is 41.2 Å². The molecule has 2 aromatic heterocycles. The van der Waals surface area contributed by atoms with Gasteiger partial charge in [0.25, 0.3) is 11.5 Å². The zero-order valence-electron chi connectivity index (χ0n) is 17.7. The predicted octanol–water partition coefficient (Wildman–Crippen LogP) is 2.78. The van der Waals surface area contributed by atoms with E-state index in [9.17, 15) is 18.8 Å². The van der Waals surface area contributed by atoms with Crippen LogP contribution < -0.4 is 10.9 Å². The number of amides is 2. The number of hydrogen-bond acceptors (Lipinski definition) is 4. The van der Waals surface area contributed by atoms with Crippen LogP contribution in [0.5, 0.6) is 0 Å². The second-order valence-electron chi connectivity index (χ2n) is 8.07. The summed E-state index contributed by atoms with van der Waals surface area (Å²) in [6, 6.07) is 11.6. The van der Waals surface area contributed by atoms with Gasteiger partial charge < -0.3 is 10.2 Å². The molecule has 8 heteroatoms. The van der Waals surface area contributed by atoms with Crippen LogP contribution in [0, 0.1) is 11.7 Å². The maximum atomic E-state index is 13.7. The highest BCUT2D eigenvalue weighted by molar-refractivity contribution is 5.93. The van der Waals surface area contributed by atoms with Crippen molar-refractivity contribution in [3.8, 4) is 0 Å². The summed E-state index contributed by atoms with van der Waals surface area (Å²) in [4.78, 5) is 43.8. The lowest BCUT2D eigenvalue weighted by Gasteiger charge is -2.32. The van der Waals surface area contributed by atoms with E-state index in [0.29, 0.717) is 37.1 Å². The SMILES string of the molecule is O=C(CC[C@@H]1CCCN(C(=O)c2cnc3ccccn3c2=O)C1)NCc1ccccc1F. The molecular formula is C24H25FN4O3. The number of aromatic nitrogens is 2. The molecule has 1 aliphatic heterocycles. The molecular weight excluding hydrogens is 411 g/mol. The van der Waals surface area contributed by atoms with Crippen LogP contribution in [0.15, 0.2) is 59.7 Å². The van der Waals surface area contributed by atoms with Crippen LogP contribution in [0.1, 0.15) is 41.6 Å². The summed E-state index contributed by atoms with van der Waals surface area (Å²) < 4.78 is 15.0. The highest BCUT2D eigenvalue weighted by Gasteiger charge is 2.27. The Balaban J connectivity index is 1.33. The molecule has 1 saturated heterocycles. The van der Waals surface area contributed by atoms with Crippen molar-refractivity contribution in [1.82, 2.24) is 19.6 Å². The molecule has 0 spiro atoms. The van der Waals surface area contributed by atoms with Gasteiger partial charge in [-0.2, -0.15) is 0 Å². The van der Waals surface area contributed by atoms with Gasteiger partial charge in [0, 0.05) is 44.0 Å². The van der Waals surface area contributed by atoms with E-state index in [2.05, 4.69) is 10.3 Å². The van der Waals surface area contributed by atoms with Crippen LogP contribution in [-0.4, -0.2) is 39.2 Å². The normalized spacial score (nSPS) is 16.2. The summed E-state index contributed by atoms with van der Waals surface area (Å²) in [5.74, 6) is -0.639. The first-order valence-corrected chi connectivity index (χ1v) is 10.8. The summed E-state index contributed by atoms with van der Waals surface area (Å²) in [6.07, 6.45) is 5.61. The highest BCUT2D eigenvalue weighted by atomic mass is 19.1. The van der Waals surface area contributed by atoms with Gasteiger partial charge in [0.15, 0.2) is 0 Å². The number of likely N-dealkylation sites (tertiary alicyclic amines) is 1. The van der Waals surface area contributed by atoms with Gasteiger partial charge in [-0.15, -0.1) is 0 Å². The summed E-state index contributed by atoms with van der Waals surface area (Å²) in [6.45, 7) is 1.22. The fraction of sp³-hybridized carbons (Fsp3) is 0.333. The molecule has 2 amide bonds. The molecule has 166 valence electrons. The number of fused-ring (bicyclic) bond motifs is 1. The third kappa shape index (κ3) is 4.85. The average molecular weight is 436 g/mol. The first kappa shape index (κ1) is 21.7. The monoisotopic (exact) mass is 436 g/mol. The molecule has 0 aliphatic carbocycles. The van der Waals surface area contributed by atoms with E-state index >= 15 is 0 Å². The van der Waals surface area contributed by atoms with E-state index in [1.165, 1.54) is 16.7 Å². The van der Waals surface area contributed by atoms with Gasteiger partial charge >= 0.3 is 0 Å². The molecule has 4 rings (SSSR count).